The number of Topliss-reactive ketones (excluding diaryl/α,β-unsaturated/α-hetero) is 2. The van der Waals surface area contributed by atoms with Crippen molar-refractivity contribution in [2.75, 3.05) is 6.54 Å². The van der Waals surface area contributed by atoms with Crippen LogP contribution in [0.25, 0.3) is 10.8 Å². The number of fused-ring (bicyclic) bond motifs is 1. The second kappa shape index (κ2) is 11.2. The van der Waals surface area contributed by atoms with Crippen LogP contribution in [0, 0.1) is 10.8 Å². The van der Waals surface area contributed by atoms with Gasteiger partial charge >= 0.3 is 5.97 Å². The smallest absolute Gasteiger partial charge is 0.305 e. The van der Waals surface area contributed by atoms with Crippen LogP contribution in [-0.4, -0.2) is 34.1 Å². The lowest BCUT2D eigenvalue weighted by Crippen LogP contribution is -2.45. The first-order valence-electron chi connectivity index (χ1n) is 15.2. The van der Waals surface area contributed by atoms with Gasteiger partial charge in [-0.25, -0.2) is 0 Å². The quantitative estimate of drug-likeness (QED) is 0.290. The summed E-state index contributed by atoms with van der Waals surface area (Å²) in [6.45, 7) is 8.83. The molecule has 1 aliphatic heterocycles. The number of nitrogens with zero attached hydrogens (tertiary/aromatic N) is 1. The number of ketones is 2. The number of carbonyl (C=O) groups excluding carboxylic acids is 2. The van der Waals surface area contributed by atoms with E-state index >= 15 is 0 Å². The Hall–Kier alpha value is -3.90. The van der Waals surface area contributed by atoms with Gasteiger partial charge in [-0.3, -0.25) is 14.4 Å². The zero-order valence-corrected chi connectivity index (χ0v) is 26.5. The number of hydrogen-bond acceptors (Lipinski definition) is 5. The molecule has 228 valence electrons. The van der Waals surface area contributed by atoms with Crippen LogP contribution >= 0.6 is 11.6 Å². The highest BCUT2D eigenvalue weighted by Gasteiger charge is 2.49. The first kappa shape index (κ1) is 30.1. The Labute approximate surface area is 263 Å². The zero-order valence-electron chi connectivity index (χ0n) is 25.7. The fraction of sp³-hybridized carbons (Fsp3) is 0.378. The average molecular weight is 612 g/mol. The highest BCUT2D eigenvalue weighted by atomic mass is 35.5. The molecule has 1 N–H and O–H groups in total. The molecule has 0 amide bonds. The van der Waals surface area contributed by atoms with Crippen molar-refractivity contribution in [3.8, 4) is 5.75 Å². The molecule has 0 spiro atoms. The molecule has 0 unspecified atom stereocenters. The van der Waals surface area contributed by atoms with E-state index in [2.05, 4.69) is 27.7 Å². The fourth-order valence-corrected chi connectivity index (χ4v) is 7.38. The fourth-order valence-electron chi connectivity index (χ4n) is 7.25. The summed E-state index contributed by atoms with van der Waals surface area (Å²) in [6, 6.07) is 19.5. The second-order valence-corrected chi connectivity index (χ2v) is 14.4. The van der Waals surface area contributed by atoms with Crippen molar-refractivity contribution in [1.29, 1.82) is 0 Å². The van der Waals surface area contributed by atoms with Gasteiger partial charge in [-0.05, 0) is 58.2 Å². The maximum atomic E-state index is 14.3. The molecule has 2 aliphatic carbocycles. The highest BCUT2D eigenvalue weighted by molar-refractivity contribution is 6.30. The molecular formula is C37H38ClNO5. The number of aliphatic carboxylic acids is 1. The molecule has 0 saturated carbocycles. The summed E-state index contributed by atoms with van der Waals surface area (Å²) in [5.41, 5.74) is 4.06. The van der Waals surface area contributed by atoms with Crippen molar-refractivity contribution in [3.63, 3.8) is 0 Å². The molecule has 6 nitrogen and oxygen atoms in total. The summed E-state index contributed by atoms with van der Waals surface area (Å²) < 4.78 is 6.54. The van der Waals surface area contributed by atoms with Crippen molar-refractivity contribution in [1.82, 2.24) is 4.90 Å². The Balaban J connectivity index is 1.61. The minimum absolute atomic E-state index is 0.00217. The molecule has 0 atom stereocenters. The molecule has 0 fully saturated rings. The van der Waals surface area contributed by atoms with Crippen molar-refractivity contribution < 1.29 is 24.2 Å². The van der Waals surface area contributed by atoms with Gasteiger partial charge in [0.2, 0.25) is 0 Å². The van der Waals surface area contributed by atoms with Gasteiger partial charge < -0.3 is 14.7 Å². The van der Waals surface area contributed by atoms with Crippen LogP contribution in [0.3, 0.4) is 0 Å². The molecular weight excluding hydrogens is 574 g/mol. The number of halogens is 1. The number of carbonyl (C=O) groups is 3. The van der Waals surface area contributed by atoms with E-state index < -0.39 is 11.9 Å². The molecule has 7 heteroatoms. The van der Waals surface area contributed by atoms with Crippen LogP contribution in [0.4, 0.5) is 0 Å². The third-order valence-corrected chi connectivity index (χ3v) is 9.35. The molecule has 0 bridgehead atoms. The van der Waals surface area contributed by atoms with Crippen molar-refractivity contribution in [2.24, 2.45) is 10.8 Å². The van der Waals surface area contributed by atoms with Crippen molar-refractivity contribution in [3.05, 3.63) is 99.4 Å². The molecule has 44 heavy (non-hydrogen) atoms. The van der Waals surface area contributed by atoms with E-state index in [1.165, 1.54) is 0 Å². The van der Waals surface area contributed by atoms with Crippen LogP contribution in [0.5, 0.6) is 5.75 Å². The Morgan fingerprint density at radius 2 is 1.45 bits per heavy atom. The average Bonchev–Trinajstić information content (AvgIpc) is 2.94. The van der Waals surface area contributed by atoms with Gasteiger partial charge in [0.05, 0.1) is 6.42 Å². The molecule has 3 aromatic carbocycles. The molecule has 3 aromatic rings. The summed E-state index contributed by atoms with van der Waals surface area (Å²) in [7, 11) is 0. The van der Waals surface area contributed by atoms with Crippen LogP contribution in [-0.2, 0) is 21.0 Å². The van der Waals surface area contributed by atoms with Crippen LogP contribution in [0.15, 0.2) is 83.2 Å². The number of hydrogen-bond donors (Lipinski definition) is 1. The normalized spacial score (nSPS) is 19.7. The van der Waals surface area contributed by atoms with E-state index in [0.717, 1.165) is 33.3 Å². The van der Waals surface area contributed by atoms with Crippen LogP contribution in [0.2, 0.25) is 5.02 Å². The number of carboxylic acid groups (broad SMARTS) is 1. The monoisotopic (exact) mass is 611 g/mol. The zero-order chi connectivity index (χ0) is 31.4. The molecule has 3 aliphatic rings. The minimum Gasteiger partial charge on any atom is -0.489 e. The topological polar surface area (TPSA) is 83.9 Å². The first-order chi connectivity index (χ1) is 20.8. The van der Waals surface area contributed by atoms with Gasteiger partial charge in [-0.2, -0.15) is 0 Å². The number of rotatable bonds is 7. The number of ether oxygens (including phenoxy) is 1. The van der Waals surface area contributed by atoms with E-state index in [4.69, 9.17) is 16.3 Å². The van der Waals surface area contributed by atoms with Crippen molar-refractivity contribution >= 4 is 39.9 Å². The van der Waals surface area contributed by atoms with Gasteiger partial charge in [0.25, 0.3) is 0 Å². The van der Waals surface area contributed by atoms with Crippen molar-refractivity contribution in [2.45, 2.75) is 72.3 Å². The van der Waals surface area contributed by atoms with E-state index in [0.29, 0.717) is 54.2 Å². The van der Waals surface area contributed by atoms with Gasteiger partial charge in [-0.1, -0.05) is 81.8 Å². The summed E-state index contributed by atoms with van der Waals surface area (Å²) in [5, 5.41) is 12.2. The maximum absolute atomic E-state index is 14.3. The lowest BCUT2D eigenvalue weighted by molar-refractivity contribution is -0.137. The van der Waals surface area contributed by atoms with E-state index in [9.17, 15) is 19.5 Å². The predicted octanol–water partition coefficient (Wildman–Crippen LogP) is 8.23. The third kappa shape index (κ3) is 5.68. The van der Waals surface area contributed by atoms with Gasteiger partial charge in [0.1, 0.15) is 12.4 Å². The lowest BCUT2D eigenvalue weighted by atomic mass is 9.63. The third-order valence-electron chi connectivity index (χ3n) is 9.10. The standard InChI is InChI=1S/C37H38ClNO5/c1-36(2)17-26-33(28(40)19-36)35(34-27(39(26)16-15-31(42)43)18-37(3,4)20-29(34)41)32-25-8-6-5-7-23(25)11-14-30(32)44-21-22-9-12-24(38)13-10-22/h5-14,35H,15-21H2,1-4H3,(H,42,43). The minimum atomic E-state index is -0.911. The molecule has 0 radical (unpaired) electrons. The van der Waals surface area contributed by atoms with E-state index in [-0.39, 0.29) is 35.4 Å². The second-order valence-electron chi connectivity index (χ2n) is 13.9. The van der Waals surface area contributed by atoms with Crippen LogP contribution < -0.4 is 4.74 Å². The van der Waals surface area contributed by atoms with E-state index in [1.54, 1.807) is 0 Å². The first-order valence-corrected chi connectivity index (χ1v) is 15.6. The Morgan fingerprint density at radius 3 is 2.05 bits per heavy atom. The summed E-state index contributed by atoms with van der Waals surface area (Å²) >= 11 is 6.12. The number of allylic oxidation sites excluding steroid dienone is 4. The van der Waals surface area contributed by atoms with Gasteiger partial charge in [0, 0.05) is 58.4 Å². The lowest BCUT2D eigenvalue weighted by Gasteiger charge is -2.49. The maximum Gasteiger partial charge on any atom is 0.305 e. The van der Waals surface area contributed by atoms with Gasteiger partial charge in [-0.15, -0.1) is 0 Å². The van der Waals surface area contributed by atoms with Crippen LogP contribution in [0.1, 0.15) is 76.8 Å². The van der Waals surface area contributed by atoms with E-state index in [1.807, 2.05) is 65.6 Å². The highest BCUT2D eigenvalue weighted by Crippen LogP contribution is 2.56. The SMILES string of the molecule is CC1(C)CC(=O)C2=C(C1)N(CCC(=O)O)C1=C(C(=O)CC(C)(C)C1)C2c1c(OCc2ccc(Cl)cc2)ccc2ccccc12. The molecule has 1 heterocycles. The molecule has 0 saturated heterocycles. The Kier molecular flexibility index (Phi) is 7.69. The Bertz CT molecular complexity index is 1690. The number of carboxylic acids is 1. The largest absolute Gasteiger partial charge is 0.489 e. The predicted molar refractivity (Wildman–Crippen MR) is 172 cm³/mol. The molecule has 6 rings (SSSR count). The summed E-state index contributed by atoms with van der Waals surface area (Å²) in [6.07, 6.45) is 1.83. The number of benzene rings is 3. The van der Waals surface area contributed by atoms with Gasteiger partial charge in [0.15, 0.2) is 11.6 Å². The Morgan fingerprint density at radius 1 is 0.864 bits per heavy atom. The summed E-state index contributed by atoms with van der Waals surface area (Å²) in [5.74, 6) is -0.896. The summed E-state index contributed by atoms with van der Waals surface area (Å²) in [4.78, 5) is 42.4. The molecule has 0 aromatic heterocycles.